The van der Waals surface area contributed by atoms with Gasteiger partial charge >= 0.3 is 12.3 Å². The van der Waals surface area contributed by atoms with E-state index in [1.54, 1.807) is 0 Å². The van der Waals surface area contributed by atoms with E-state index >= 15 is 0 Å². The van der Waals surface area contributed by atoms with E-state index in [4.69, 9.17) is 5.11 Å². The summed E-state index contributed by atoms with van der Waals surface area (Å²) in [6, 6.07) is 8.06. The fourth-order valence-electron chi connectivity index (χ4n) is 2.47. The summed E-state index contributed by atoms with van der Waals surface area (Å²) in [7, 11) is 0. The Morgan fingerprint density at radius 3 is 2.12 bits per heavy atom. The lowest BCUT2D eigenvalue weighted by molar-refractivity contribution is -0.0999. The first-order valence-electron chi connectivity index (χ1n) is 6.88. The lowest BCUT2D eigenvalue weighted by atomic mass is 10.1. The van der Waals surface area contributed by atoms with Crippen LogP contribution in [0.4, 0.5) is 24.5 Å². The van der Waals surface area contributed by atoms with Crippen LogP contribution in [-0.4, -0.2) is 29.2 Å². The van der Waals surface area contributed by atoms with E-state index in [9.17, 15) is 27.6 Å². The van der Waals surface area contributed by atoms with E-state index < -0.39 is 24.1 Å². The molecule has 0 saturated heterocycles. The summed E-state index contributed by atoms with van der Waals surface area (Å²) in [5, 5.41) is 10.3. The number of hydrogen-bond donors (Lipinski definition) is 2. The molecule has 0 unspecified atom stereocenters. The SMILES string of the molecule is O=C(O)c1ccc2c(c1)C(=O)N(c1ccc(NC(F)(F)F)cc1)C2=O. The Balaban J connectivity index is 1.92. The van der Waals surface area contributed by atoms with Gasteiger partial charge in [-0.1, -0.05) is 0 Å². The second-order valence-electron chi connectivity index (χ2n) is 5.18. The van der Waals surface area contributed by atoms with Crippen molar-refractivity contribution < 1.29 is 32.7 Å². The molecule has 128 valence electrons. The Morgan fingerprint density at radius 2 is 1.56 bits per heavy atom. The largest absolute Gasteiger partial charge is 0.482 e. The fraction of sp³-hybridized carbons (Fsp3) is 0.0625. The van der Waals surface area contributed by atoms with Gasteiger partial charge in [-0.3, -0.25) is 14.9 Å². The first kappa shape index (κ1) is 16.5. The molecular weight excluding hydrogens is 341 g/mol. The summed E-state index contributed by atoms with van der Waals surface area (Å²) in [5.74, 6) is -2.66. The van der Waals surface area contributed by atoms with Crippen molar-refractivity contribution in [1.82, 2.24) is 0 Å². The summed E-state index contributed by atoms with van der Waals surface area (Å²) in [4.78, 5) is 36.5. The Kier molecular flexibility index (Phi) is 3.71. The van der Waals surface area contributed by atoms with Crippen molar-refractivity contribution in [2.24, 2.45) is 0 Å². The molecule has 2 amide bonds. The van der Waals surface area contributed by atoms with Crippen LogP contribution in [0.3, 0.4) is 0 Å². The van der Waals surface area contributed by atoms with E-state index in [1.165, 1.54) is 29.6 Å². The number of fused-ring (bicyclic) bond motifs is 1. The second kappa shape index (κ2) is 5.62. The molecule has 2 aromatic carbocycles. The number of alkyl halides is 3. The van der Waals surface area contributed by atoms with Gasteiger partial charge in [0.15, 0.2) is 0 Å². The lowest BCUT2D eigenvalue weighted by Crippen LogP contribution is -2.29. The van der Waals surface area contributed by atoms with Crippen LogP contribution in [0.15, 0.2) is 42.5 Å². The third-order valence-electron chi connectivity index (χ3n) is 3.55. The van der Waals surface area contributed by atoms with E-state index in [0.717, 1.165) is 23.1 Å². The minimum atomic E-state index is -4.61. The summed E-state index contributed by atoms with van der Waals surface area (Å²) in [6.07, 6.45) is -4.61. The fourth-order valence-corrected chi connectivity index (χ4v) is 2.47. The smallest absolute Gasteiger partial charge is 0.478 e. The van der Waals surface area contributed by atoms with E-state index in [1.807, 2.05) is 0 Å². The maximum Gasteiger partial charge on any atom is 0.482 e. The summed E-state index contributed by atoms with van der Waals surface area (Å²) in [6.45, 7) is 0. The van der Waals surface area contributed by atoms with Crippen LogP contribution in [0.25, 0.3) is 0 Å². The molecule has 6 nitrogen and oxygen atoms in total. The number of hydrogen-bond acceptors (Lipinski definition) is 4. The van der Waals surface area contributed by atoms with Crippen molar-refractivity contribution in [2.45, 2.75) is 6.30 Å². The Bertz CT molecular complexity index is 891. The van der Waals surface area contributed by atoms with Gasteiger partial charge in [-0.25, -0.2) is 9.69 Å². The van der Waals surface area contributed by atoms with E-state index in [0.29, 0.717) is 0 Å². The number of carbonyl (C=O) groups is 3. The predicted molar refractivity (Wildman–Crippen MR) is 80.7 cm³/mol. The molecule has 1 aliphatic heterocycles. The van der Waals surface area contributed by atoms with Crippen LogP contribution in [0.5, 0.6) is 0 Å². The van der Waals surface area contributed by atoms with Crippen LogP contribution in [-0.2, 0) is 0 Å². The Hall–Kier alpha value is -3.36. The summed E-state index contributed by atoms with van der Waals surface area (Å²) >= 11 is 0. The zero-order valence-electron chi connectivity index (χ0n) is 12.3. The predicted octanol–water partition coefficient (Wildman–Crippen LogP) is 3.12. The number of carboxylic acids is 1. The molecule has 0 aromatic heterocycles. The van der Waals surface area contributed by atoms with Gasteiger partial charge in [0.25, 0.3) is 11.8 Å². The van der Waals surface area contributed by atoms with Gasteiger partial charge in [-0.2, -0.15) is 13.2 Å². The van der Waals surface area contributed by atoms with Gasteiger partial charge in [-0.05, 0) is 42.5 Å². The van der Waals surface area contributed by atoms with Crippen LogP contribution in [0.2, 0.25) is 0 Å². The molecule has 0 bridgehead atoms. The Labute approximate surface area is 138 Å². The number of imide groups is 1. The first-order chi connectivity index (χ1) is 11.7. The number of carboxylic acid groups (broad SMARTS) is 1. The number of nitrogens with one attached hydrogen (secondary N) is 1. The van der Waals surface area contributed by atoms with Crippen LogP contribution < -0.4 is 10.2 Å². The van der Waals surface area contributed by atoms with Gasteiger partial charge in [0.2, 0.25) is 0 Å². The second-order valence-corrected chi connectivity index (χ2v) is 5.18. The minimum Gasteiger partial charge on any atom is -0.478 e. The topological polar surface area (TPSA) is 86.7 Å². The molecule has 2 aromatic rings. The molecule has 1 heterocycles. The first-order valence-corrected chi connectivity index (χ1v) is 6.88. The highest BCUT2D eigenvalue weighted by molar-refractivity contribution is 6.34. The zero-order valence-corrected chi connectivity index (χ0v) is 12.3. The normalized spacial score (nSPS) is 13.8. The van der Waals surface area contributed by atoms with Gasteiger partial charge in [0, 0.05) is 5.69 Å². The molecule has 25 heavy (non-hydrogen) atoms. The van der Waals surface area contributed by atoms with Crippen molar-refractivity contribution >= 4 is 29.2 Å². The number of anilines is 2. The molecular formula is C16H9F3N2O4. The zero-order chi connectivity index (χ0) is 18.4. The van der Waals surface area contributed by atoms with Crippen molar-refractivity contribution in [3.05, 3.63) is 59.2 Å². The monoisotopic (exact) mass is 350 g/mol. The quantitative estimate of drug-likeness (QED) is 0.656. The minimum absolute atomic E-state index is 0.0347. The number of amides is 2. The molecule has 0 fully saturated rings. The van der Waals surface area contributed by atoms with Crippen LogP contribution in [0.1, 0.15) is 31.1 Å². The highest BCUT2D eigenvalue weighted by atomic mass is 19.4. The van der Waals surface area contributed by atoms with Crippen molar-refractivity contribution in [3.8, 4) is 0 Å². The molecule has 0 spiro atoms. The maximum absolute atomic E-state index is 12.4. The lowest BCUT2D eigenvalue weighted by Gasteiger charge is -2.15. The van der Waals surface area contributed by atoms with Crippen LogP contribution in [0, 0.1) is 0 Å². The molecule has 2 N–H and O–H groups in total. The molecule has 1 aliphatic rings. The van der Waals surface area contributed by atoms with Crippen LogP contribution >= 0.6 is 0 Å². The van der Waals surface area contributed by atoms with Crippen molar-refractivity contribution in [3.63, 3.8) is 0 Å². The third-order valence-corrected chi connectivity index (χ3v) is 3.55. The number of carbonyl (C=O) groups excluding carboxylic acids is 2. The molecule has 0 saturated carbocycles. The number of benzene rings is 2. The number of aromatic carboxylic acids is 1. The van der Waals surface area contributed by atoms with Crippen molar-refractivity contribution in [1.29, 1.82) is 0 Å². The van der Waals surface area contributed by atoms with Gasteiger partial charge in [-0.15, -0.1) is 0 Å². The van der Waals surface area contributed by atoms with Gasteiger partial charge in [0.05, 0.1) is 22.4 Å². The van der Waals surface area contributed by atoms with E-state index in [-0.39, 0.29) is 28.1 Å². The summed E-state index contributed by atoms with van der Waals surface area (Å²) in [5.41, 5.74) is -0.349. The standard InChI is InChI=1S/C16H9F3N2O4/c17-16(18,19)20-9-2-4-10(5-3-9)21-13(22)11-6-1-8(15(24)25)7-12(11)14(21)23/h1-7,20H,(H,24,25). The number of rotatable bonds is 3. The average Bonchev–Trinajstić information content (AvgIpc) is 2.78. The molecule has 0 radical (unpaired) electrons. The Morgan fingerprint density at radius 1 is 0.960 bits per heavy atom. The molecule has 9 heteroatoms. The highest BCUT2D eigenvalue weighted by Crippen LogP contribution is 2.30. The van der Waals surface area contributed by atoms with E-state index in [2.05, 4.69) is 0 Å². The molecule has 0 aliphatic carbocycles. The van der Waals surface area contributed by atoms with Crippen molar-refractivity contribution in [2.75, 3.05) is 10.2 Å². The molecule has 3 rings (SSSR count). The van der Waals surface area contributed by atoms with Gasteiger partial charge in [0.1, 0.15) is 0 Å². The molecule has 0 atom stereocenters. The highest BCUT2D eigenvalue weighted by Gasteiger charge is 2.37. The summed E-state index contributed by atoms with van der Waals surface area (Å²) < 4.78 is 36.8. The number of halogens is 3. The van der Waals surface area contributed by atoms with Gasteiger partial charge < -0.3 is 5.11 Å². The maximum atomic E-state index is 12.4. The third kappa shape index (κ3) is 3.03. The average molecular weight is 350 g/mol. The number of nitrogens with zero attached hydrogens (tertiary/aromatic N) is 1.